The van der Waals surface area contributed by atoms with E-state index in [1.165, 1.54) is 16.7 Å². The van der Waals surface area contributed by atoms with Crippen molar-refractivity contribution in [3.05, 3.63) is 93.9 Å². The third-order valence-corrected chi connectivity index (χ3v) is 4.56. The first kappa shape index (κ1) is 16.4. The summed E-state index contributed by atoms with van der Waals surface area (Å²) in [6.45, 7) is 0.667. The molecule has 0 spiro atoms. The average Bonchev–Trinajstić information content (AvgIpc) is 2.70. The van der Waals surface area contributed by atoms with Crippen LogP contribution in [-0.2, 0) is 6.54 Å². The van der Waals surface area contributed by atoms with Crippen LogP contribution in [0.3, 0.4) is 0 Å². The minimum Gasteiger partial charge on any atom is -0.381 e. The maximum absolute atomic E-state index is 11.8. The number of fused-ring (bicyclic) bond motifs is 1. The summed E-state index contributed by atoms with van der Waals surface area (Å²) < 4.78 is 0. The number of aromatic nitrogens is 2. The Kier molecular flexibility index (Phi) is 4.42. The number of benzene rings is 3. The lowest BCUT2D eigenvalue weighted by molar-refractivity contribution is 1.01. The quantitative estimate of drug-likeness (QED) is 0.546. The topological polar surface area (TPSA) is 57.8 Å². The number of rotatable bonds is 4. The molecule has 0 atom stereocenters. The number of nitrogens with one attached hydrogen (secondary N) is 2. The Balaban J connectivity index is 1.57. The summed E-state index contributed by atoms with van der Waals surface area (Å²) in [5, 5.41) is 11.0. The largest absolute Gasteiger partial charge is 0.381 e. The number of aromatic amines is 1. The monoisotopic (exact) mass is 361 g/mol. The molecule has 1 aromatic heterocycles. The number of hydrogen-bond donors (Lipinski definition) is 2. The minimum absolute atomic E-state index is 0.244. The highest BCUT2D eigenvalue weighted by atomic mass is 35.5. The minimum atomic E-state index is -0.244. The van der Waals surface area contributed by atoms with Gasteiger partial charge in [0.2, 0.25) is 0 Å². The van der Waals surface area contributed by atoms with Crippen molar-refractivity contribution < 1.29 is 0 Å². The third kappa shape index (κ3) is 3.32. The van der Waals surface area contributed by atoms with Crippen molar-refractivity contribution in [1.29, 1.82) is 0 Å². The Labute approximate surface area is 155 Å². The van der Waals surface area contributed by atoms with Crippen LogP contribution in [0.4, 0.5) is 5.69 Å². The van der Waals surface area contributed by atoms with Crippen molar-refractivity contribution in [3.8, 4) is 11.1 Å². The summed E-state index contributed by atoms with van der Waals surface area (Å²) in [7, 11) is 0. The highest BCUT2D eigenvalue weighted by Gasteiger charge is 2.06. The molecule has 0 aliphatic heterocycles. The summed E-state index contributed by atoms with van der Waals surface area (Å²) in [5.74, 6) is 0. The fraction of sp³-hybridized carbons (Fsp3) is 0.0476. The van der Waals surface area contributed by atoms with Gasteiger partial charge in [-0.3, -0.25) is 4.79 Å². The lowest BCUT2D eigenvalue weighted by Crippen LogP contribution is -2.08. The zero-order valence-corrected chi connectivity index (χ0v) is 14.6. The van der Waals surface area contributed by atoms with E-state index < -0.39 is 0 Å². The first-order valence-electron chi connectivity index (χ1n) is 8.27. The fourth-order valence-corrected chi connectivity index (χ4v) is 3.14. The van der Waals surface area contributed by atoms with Gasteiger partial charge in [0.25, 0.3) is 5.56 Å². The molecule has 0 aliphatic carbocycles. The number of hydrogen-bond acceptors (Lipinski definition) is 3. The van der Waals surface area contributed by atoms with Crippen molar-refractivity contribution >= 4 is 28.1 Å². The van der Waals surface area contributed by atoms with E-state index in [4.69, 9.17) is 11.6 Å². The number of anilines is 1. The van der Waals surface area contributed by atoms with Gasteiger partial charge in [-0.25, -0.2) is 5.10 Å². The lowest BCUT2D eigenvalue weighted by atomic mass is 10.0. The van der Waals surface area contributed by atoms with Crippen molar-refractivity contribution in [2.45, 2.75) is 6.54 Å². The van der Waals surface area contributed by atoms with Crippen LogP contribution in [-0.4, -0.2) is 10.2 Å². The van der Waals surface area contributed by atoms with Gasteiger partial charge < -0.3 is 5.32 Å². The molecule has 0 bridgehead atoms. The van der Waals surface area contributed by atoms with E-state index in [-0.39, 0.29) is 10.7 Å². The van der Waals surface area contributed by atoms with Crippen LogP contribution in [0.1, 0.15) is 5.56 Å². The van der Waals surface area contributed by atoms with Gasteiger partial charge >= 0.3 is 0 Å². The van der Waals surface area contributed by atoms with Gasteiger partial charge in [-0.15, -0.1) is 0 Å². The zero-order valence-electron chi connectivity index (χ0n) is 13.9. The van der Waals surface area contributed by atoms with Gasteiger partial charge in [0.05, 0.1) is 5.39 Å². The Morgan fingerprint density at radius 2 is 1.69 bits per heavy atom. The molecule has 0 aliphatic rings. The van der Waals surface area contributed by atoms with Crippen LogP contribution < -0.4 is 10.9 Å². The van der Waals surface area contributed by atoms with Crippen LogP contribution in [0, 0.1) is 0 Å². The summed E-state index contributed by atoms with van der Waals surface area (Å²) in [5.41, 5.74) is 4.18. The maximum Gasteiger partial charge on any atom is 0.272 e. The van der Waals surface area contributed by atoms with Gasteiger partial charge in [-0.2, -0.15) is 5.10 Å². The van der Waals surface area contributed by atoms with E-state index in [0.29, 0.717) is 17.3 Å². The van der Waals surface area contributed by atoms with E-state index >= 15 is 0 Å². The Hall–Kier alpha value is -3.11. The maximum atomic E-state index is 11.8. The Morgan fingerprint density at radius 3 is 2.54 bits per heavy atom. The molecule has 4 nitrogen and oxygen atoms in total. The molecule has 0 fully saturated rings. The molecule has 1 heterocycles. The smallest absolute Gasteiger partial charge is 0.272 e. The van der Waals surface area contributed by atoms with Crippen molar-refractivity contribution in [2.24, 2.45) is 0 Å². The molecule has 128 valence electrons. The fourth-order valence-electron chi connectivity index (χ4n) is 2.94. The standard InChI is InChI=1S/C21H16ClN3O/c22-20-19-12-17(9-10-18(19)21(26)25-24-20)23-13-14-5-4-8-16(11-14)15-6-2-1-3-7-15/h1-12,23H,13H2,(H,25,26). The third-order valence-electron chi connectivity index (χ3n) is 4.27. The number of nitrogens with zero attached hydrogens (tertiary/aromatic N) is 1. The number of halogens is 1. The number of H-pyrrole nitrogens is 1. The molecule has 26 heavy (non-hydrogen) atoms. The summed E-state index contributed by atoms with van der Waals surface area (Å²) >= 11 is 6.10. The van der Waals surface area contributed by atoms with Gasteiger partial charge in [-0.05, 0) is 41.0 Å². The first-order valence-corrected chi connectivity index (χ1v) is 8.65. The van der Waals surface area contributed by atoms with Crippen LogP contribution in [0.2, 0.25) is 5.15 Å². The van der Waals surface area contributed by atoms with E-state index in [1.807, 2.05) is 30.3 Å². The zero-order chi connectivity index (χ0) is 17.9. The SMILES string of the molecule is O=c1[nH]nc(Cl)c2cc(NCc3cccc(-c4ccccc4)c3)ccc12. The second-order valence-corrected chi connectivity index (χ2v) is 6.38. The van der Waals surface area contributed by atoms with Crippen molar-refractivity contribution in [2.75, 3.05) is 5.32 Å². The van der Waals surface area contributed by atoms with E-state index in [1.54, 1.807) is 6.07 Å². The van der Waals surface area contributed by atoms with Gasteiger partial charge in [0, 0.05) is 17.6 Å². The van der Waals surface area contributed by atoms with Gasteiger partial charge in [0.1, 0.15) is 0 Å². The molecule has 3 aromatic carbocycles. The van der Waals surface area contributed by atoms with Crippen LogP contribution >= 0.6 is 11.6 Å². The average molecular weight is 362 g/mol. The second-order valence-electron chi connectivity index (χ2n) is 6.02. The molecule has 4 aromatic rings. The van der Waals surface area contributed by atoms with Crippen molar-refractivity contribution in [1.82, 2.24) is 10.2 Å². The van der Waals surface area contributed by atoms with E-state index in [9.17, 15) is 4.79 Å². The first-order chi connectivity index (χ1) is 12.7. The summed E-state index contributed by atoms with van der Waals surface area (Å²) in [6, 6.07) is 24.2. The molecule has 2 N–H and O–H groups in total. The molecule has 0 radical (unpaired) electrons. The van der Waals surface area contributed by atoms with E-state index in [0.717, 1.165) is 5.69 Å². The van der Waals surface area contributed by atoms with Crippen molar-refractivity contribution in [3.63, 3.8) is 0 Å². The highest BCUT2D eigenvalue weighted by molar-refractivity contribution is 6.34. The second kappa shape index (κ2) is 7.02. The predicted octanol–water partition coefficient (Wildman–Crippen LogP) is 4.86. The normalized spacial score (nSPS) is 10.8. The molecular weight excluding hydrogens is 346 g/mol. The molecule has 5 heteroatoms. The molecular formula is C21H16ClN3O. The van der Waals surface area contributed by atoms with Crippen LogP contribution in [0.5, 0.6) is 0 Å². The molecule has 4 rings (SSSR count). The van der Waals surface area contributed by atoms with Crippen LogP contribution in [0.15, 0.2) is 77.6 Å². The molecule has 0 amide bonds. The Morgan fingerprint density at radius 1 is 0.885 bits per heavy atom. The lowest BCUT2D eigenvalue weighted by Gasteiger charge is -2.09. The molecule has 0 unspecified atom stereocenters. The summed E-state index contributed by atoms with van der Waals surface area (Å²) in [6.07, 6.45) is 0. The molecule has 0 saturated heterocycles. The predicted molar refractivity (Wildman–Crippen MR) is 107 cm³/mol. The van der Waals surface area contributed by atoms with Gasteiger partial charge in [-0.1, -0.05) is 60.1 Å². The summed E-state index contributed by atoms with van der Waals surface area (Å²) in [4.78, 5) is 11.8. The Bertz CT molecular complexity index is 1120. The van der Waals surface area contributed by atoms with Crippen LogP contribution in [0.25, 0.3) is 21.9 Å². The molecule has 0 saturated carbocycles. The highest BCUT2D eigenvalue weighted by Crippen LogP contribution is 2.23. The van der Waals surface area contributed by atoms with Gasteiger partial charge in [0.15, 0.2) is 5.15 Å². The van der Waals surface area contributed by atoms with E-state index in [2.05, 4.69) is 51.9 Å².